The summed E-state index contributed by atoms with van der Waals surface area (Å²) in [5, 5.41) is 12.5. The molecule has 162 valence electrons. The lowest BCUT2D eigenvalue weighted by Crippen LogP contribution is -2.31. The Bertz CT molecular complexity index is 1010. The molecule has 0 saturated carbocycles. The summed E-state index contributed by atoms with van der Waals surface area (Å²) in [4.78, 5) is 11.6. The molecule has 0 bridgehead atoms. The van der Waals surface area contributed by atoms with Gasteiger partial charge in [0.05, 0.1) is 0 Å². The summed E-state index contributed by atoms with van der Waals surface area (Å²) in [7, 11) is 0. The first-order chi connectivity index (χ1) is 15.0. The highest BCUT2D eigenvalue weighted by molar-refractivity contribution is 6.03. The third kappa shape index (κ3) is 5.58. The Kier molecular flexibility index (Phi) is 7.56. The zero-order chi connectivity index (χ0) is 22.2. The van der Waals surface area contributed by atoms with Gasteiger partial charge < -0.3 is 15.5 Å². The van der Waals surface area contributed by atoms with Crippen molar-refractivity contribution in [3.05, 3.63) is 77.1 Å². The number of hydrogen-bond donors (Lipinski definition) is 3. The van der Waals surface area contributed by atoms with E-state index in [-0.39, 0.29) is 5.84 Å². The first-order valence-electron chi connectivity index (χ1n) is 10.5. The second-order valence-corrected chi connectivity index (χ2v) is 7.56. The molecule has 1 heterocycles. The number of aryl methyl sites for hydroxylation is 2. The van der Waals surface area contributed by atoms with Crippen molar-refractivity contribution in [2.45, 2.75) is 40.2 Å². The lowest BCUT2D eigenvalue weighted by molar-refractivity contribution is 0.317. The van der Waals surface area contributed by atoms with Crippen LogP contribution in [0.15, 0.2) is 59.8 Å². The van der Waals surface area contributed by atoms with Gasteiger partial charge in [0.1, 0.15) is 0 Å². The maximum absolute atomic E-state index is 9.24. The summed E-state index contributed by atoms with van der Waals surface area (Å²) in [6.45, 7) is 7.83. The molecule has 0 radical (unpaired) electrons. The monoisotopic (exact) mass is 418 g/mol. The number of benzene rings is 2. The molecule has 7 nitrogen and oxygen atoms in total. The number of amidine groups is 1. The molecular formula is C24H30N6O. The van der Waals surface area contributed by atoms with Crippen LogP contribution in [0.1, 0.15) is 42.3 Å². The number of nitrogens with zero attached hydrogens (tertiary/aromatic N) is 4. The molecular weight excluding hydrogens is 388 g/mol. The zero-order valence-electron chi connectivity index (χ0n) is 18.3. The Morgan fingerprint density at radius 2 is 1.74 bits per heavy atom. The second kappa shape index (κ2) is 10.5. The Balaban J connectivity index is 1.87. The minimum absolute atomic E-state index is 0.220. The first kappa shape index (κ1) is 22.2. The van der Waals surface area contributed by atoms with Crippen molar-refractivity contribution in [2.75, 3.05) is 11.4 Å². The van der Waals surface area contributed by atoms with Crippen molar-refractivity contribution in [1.82, 2.24) is 15.4 Å². The normalized spacial score (nSPS) is 11.4. The molecule has 2 aromatic carbocycles. The molecule has 1 aromatic heterocycles. The molecule has 0 unspecified atom stereocenters. The Labute approximate surface area is 183 Å². The molecule has 0 spiro atoms. The van der Waals surface area contributed by atoms with Crippen molar-refractivity contribution >= 4 is 11.8 Å². The first-order valence-corrected chi connectivity index (χ1v) is 10.5. The van der Waals surface area contributed by atoms with Crippen molar-refractivity contribution in [3.63, 3.8) is 0 Å². The lowest BCUT2D eigenvalue weighted by atomic mass is 9.98. The molecule has 0 aliphatic carbocycles. The van der Waals surface area contributed by atoms with Gasteiger partial charge in [-0.05, 0) is 43.0 Å². The van der Waals surface area contributed by atoms with E-state index in [4.69, 9.17) is 5.84 Å². The number of nitrogens with one attached hydrogen (secondary N) is 1. The molecule has 7 heteroatoms. The highest BCUT2D eigenvalue weighted by atomic mass is 16.4. The Morgan fingerprint density at radius 1 is 1.06 bits per heavy atom. The predicted molar refractivity (Wildman–Crippen MR) is 125 cm³/mol. The van der Waals surface area contributed by atoms with Gasteiger partial charge in [0.25, 0.3) is 0 Å². The molecule has 3 aromatic rings. The summed E-state index contributed by atoms with van der Waals surface area (Å²) in [6.07, 6.45) is 2.19. The molecule has 0 aliphatic rings. The van der Waals surface area contributed by atoms with Crippen LogP contribution < -0.4 is 16.2 Å². The topological polar surface area (TPSA) is 99.7 Å². The molecule has 0 saturated heterocycles. The Morgan fingerprint density at radius 3 is 2.35 bits per heavy atom. The van der Waals surface area contributed by atoms with E-state index in [2.05, 4.69) is 56.6 Å². The number of unbranched alkanes of at least 4 members (excludes halogenated alkanes) is 1. The van der Waals surface area contributed by atoms with Crippen LogP contribution in [0, 0.1) is 13.8 Å². The standard InChI is InChI=1S/C24H30N6O/c1-4-5-14-30(24-26-17(2)15-18(3)27-24)16-19-10-12-20(13-11-19)21-8-6-7-9-22(21)23(28-25)29-31/h6-13,15,31H,4-5,14,16,25H2,1-3H3,(H,28,29). The minimum atomic E-state index is 0.220. The summed E-state index contributed by atoms with van der Waals surface area (Å²) in [5.41, 5.74) is 8.24. The van der Waals surface area contributed by atoms with Crippen LogP contribution in [0.2, 0.25) is 0 Å². The van der Waals surface area contributed by atoms with E-state index in [0.717, 1.165) is 60.0 Å². The van der Waals surface area contributed by atoms with E-state index in [1.165, 1.54) is 5.56 Å². The van der Waals surface area contributed by atoms with Gasteiger partial charge in [-0.2, -0.15) is 0 Å². The number of oxime groups is 1. The van der Waals surface area contributed by atoms with E-state index in [1.807, 2.05) is 44.2 Å². The molecule has 31 heavy (non-hydrogen) atoms. The lowest BCUT2D eigenvalue weighted by Gasteiger charge is -2.23. The number of hydrazine groups is 1. The van der Waals surface area contributed by atoms with Gasteiger partial charge in [0.15, 0.2) is 5.84 Å². The van der Waals surface area contributed by atoms with E-state index >= 15 is 0 Å². The fourth-order valence-electron chi connectivity index (χ4n) is 3.56. The van der Waals surface area contributed by atoms with Gasteiger partial charge in [0.2, 0.25) is 5.95 Å². The highest BCUT2D eigenvalue weighted by Crippen LogP contribution is 2.25. The molecule has 3 rings (SSSR count). The molecule has 0 fully saturated rings. The molecule has 0 atom stereocenters. The van der Waals surface area contributed by atoms with Gasteiger partial charge in [-0.15, -0.1) is 0 Å². The smallest absolute Gasteiger partial charge is 0.226 e. The van der Waals surface area contributed by atoms with Crippen LogP contribution in [0.25, 0.3) is 11.1 Å². The van der Waals surface area contributed by atoms with Crippen LogP contribution in [-0.2, 0) is 6.54 Å². The fourth-order valence-corrected chi connectivity index (χ4v) is 3.56. The maximum Gasteiger partial charge on any atom is 0.226 e. The average molecular weight is 419 g/mol. The van der Waals surface area contributed by atoms with E-state index in [0.29, 0.717) is 0 Å². The quantitative estimate of drug-likeness (QED) is 0.167. The van der Waals surface area contributed by atoms with Crippen LogP contribution in [0.5, 0.6) is 0 Å². The van der Waals surface area contributed by atoms with Gasteiger partial charge >= 0.3 is 0 Å². The van der Waals surface area contributed by atoms with Crippen LogP contribution >= 0.6 is 0 Å². The maximum atomic E-state index is 9.24. The van der Waals surface area contributed by atoms with Crippen LogP contribution in [0.3, 0.4) is 0 Å². The molecule has 0 aliphatic heterocycles. The van der Waals surface area contributed by atoms with E-state index in [9.17, 15) is 5.21 Å². The number of nitrogens with two attached hydrogens (primary N) is 1. The highest BCUT2D eigenvalue weighted by Gasteiger charge is 2.13. The van der Waals surface area contributed by atoms with E-state index in [1.54, 1.807) is 0 Å². The molecule has 0 amide bonds. The largest absolute Gasteiger partial charge is 0.409 e. The van der Waals surface area contributed by atoms with Gasteiger partial charge in [0, 0.05) is 30.0 Å². The van der Waals surface area contributed by atoms with Crippen molar-refractivity contribution in [2.24, 2.45) is 11.0 Å². The van der Waals surface area contributed by atoms with E-state index < -0.39 is 0 Å². The predicted octanol–water partition coefficient (Wildman–Crippen LogP) is 4.17. The summed E-state index contributed by atoms with van der Waals surface area (Å²) in [5.74, 6) is 6.50. The zero-order valence-corrected chi connectivity index (χ0v) is 18.3. The number of aromatic nitrogens is 2. The van der Waals surface area contributed by atoms with Gasteiger partial charge in [-0.1, -0.05) is 67.0 Å². The fraction of sp³-hybridized carbons (Fsp3) is 0.292. The van der Waals surface area contributed by atoms with Crippen LogP contribution in [0.4, 0.5) is 5.95 Å². The molecule has 4 N–H and O–H groups in total. The third-order valence-corrected chi connectivity index (χ3v) is 5.09. The average Bonchev–Trinajstić information content (AvgIpc) is 2.77. The summed E-state index contributed by atoms with van der Waals surface area (Å²) >= 11 is 0. The van der Waals surface area contributed by atoms with Gasteiger partial charge in [-0.3, -0.25) is 0 Å². The van der Waals surface area contributed by atoms with Crippen molar-refractivity contribution in [3.8, 4) is 11.1 Å². The SMILES string of the molecule is CCCCN(Cc1ccc(-c2ccccc2/C(=N/O)NN)cc1)c1nc(C)cc(C)n1. The van der Waals surface area contributed by atoms with Crippen molar-refractivity contribution < 1.29 is 5.21 Å². The van der Waals surface area contributed by atoms with Crippen molar-refractivity contribution in [1.29, 1.82) is 0 Å². The number of rotatable bonds is 8. The summed E-state index contributed by atoms with van der Waals surface area (Å²) < 4.78 is 0. The van der Waals surface area contributed by atoms with Crippen LogP contribution in [-0.4, -0.2) is 27.6 Å². The van der Waals surface area contributed by atoms with Gasteiger partial charge in [-0.25, -0.2) is 15.8 Å². The Hall–Kier alpha value is -3.45. The number of hydrogen-bond acceptors (Lipinski definition) is 6. The third-order valence-electron chi connectivity index (χ3n) is 5.09. The summed E-state index contributed by atoms with van der Waals surface area (Å²) in [6, 6.07) is 18.0. The number of anilines is 1. The second-order valence-electron chi connectivity index (χ2n) is 7.56. The minimum Gasteiger partial charge on any atom is -0.409 e.